The Morgan fingerprint density at radius 1 is 0.362 bits per heavy atom. The average Bonchev–Trinajstić information content (AvgIpc) is 3.69. The quantitative estimate of drug-likeness (QED) is 0.175. The zero-order valence-electron chi connectivity index (χ0n) is 42.3. The van der Waals surface area contributed by atoms with Crippen molar-refractivity contribution in [2.45, 2.75) is 0 Å². The molecule has 0 bridgehead atoms. The molecule has 1 nitrogen and oxygen atoms in total. The van der Waals surface area contributed by atoms with E-state index < -0.39 is 131 Å². The lowest BCUT2D eigenvalue weighted by molar-refractivity contribution is 0.633. The van der Waals surface area contributed by atoms with E-state index in [1.165, 1.54) is 6.07 Å². The molecule has 0 unspecified atom stereocenters. The van der Waals surface area contributed by atoms with Crippen LogP contribution in [0.3, 0.4) is 0 Å². The molecule has 0 atom stereocenters. The second-order valence-electron chi connectivity index (χ2n) is 10.7. The Balaban J connectivity index is 1.59. The van der Waals surface area contributed by atoms with Crippen molar-refractivity contribution in [3.8, 4) is 55.8 Å². The Bertz CT molecular complexity index is 3440. The van der Waals surface area contributed by atoms with Crippen molar-refractivity contribution in [3.05, 3.63) is 182 Å². The summed E-state index contributed by atoms with van der Waals surface area (Å²) >= 11 is 0. The molecular weight excluding hydrogens is 569 g/mol. The summed E-state index contributed by atoms with van der Waals surface area (Å²) in [6.45, 7) is 0. The summed E-state index contributed by atoms with van der Waals surface area (Å²) in [6, 6.07) is 7.89. The van der Waals surface area contributed by atoms with Gasteiger partial charge in [0.2, 0.25) is 0 Å². The highest BCUT2D eigenvalue weighted by Gasteiger charge is 2.25. The summed E-state index contributed by atoms with van der Waals surface area (Å²) in [5.41, 5.74) is 0.507. The first-order valence-corrected chi connectivity index (χ1v) is 14.6. The van der Waals surface area contributed by atoms with Gasteiger partial charge in [-0.05, 0) is 67.1 Å². The Hall–Kier alpha value is -6.18. The number of hydrogen-bond acceptors (Lipinski definition) is 1. The fourth-order valence-electron chi connectivity index (χ4n) is 6.13. The van der Waals surface area contributed by atoms with Gasteiger partial charge in [0.15, 0.2) is 0 Å². The van der Waals surface area contributed by atoms with Crippen LogP contribution in [0, 0.1) is 0 Å². The van der Waals surface area contributed by atoms with Gasteiger partial charge in [0, 0.05) is 22.1 Å². The molecule has 0 saturated heterocycles. The summed E-state index contributed by atoms with van der Waals surface area (Å²) in [6.07, 6.45) is 0. The maximum Gasteiger partial charge on any atom is 0.143 e. The lowest BCUT2D eigenvalue weighted by Crippen LogP contribution is -1.92. The van der Waals surface area contributed by atoms with Crippen LogP contribution in [0.4, 0.5) is 0 Å². The molecule has 1 heteroatoms. The van der Waals surface area contributed by atoms with E-state index in [0.29, 0.717) is 5.56 Å². The molecule has 0 fully saturated rings. The lowest BCUT2D eigenvalue weighted by Gasteiger charge is -2.18. The molecule has 220 valence electrons. The third kappa shape index (κ3) is 4.56. The van der Waals surface area contributed by atoms with Crippen LogP contribution in [0.15, 0.2) is 186 Å². The van der Waals surface area contributed by atoms with E-state index in [4.69, 9.17) is 23.6 Å². The molecule has 0 amide bonds. The molecular formula is C46H30O. The van der Waals surface area contributed by atoms with Crippen molar-refractivity contribution in [1.82, 2.24) is 0 Å². The number of rotatable bonds is 5. The van der Waals surface area contributed by atoms with Crippen LogP contribution in [0.5, 0.6) is 0 Å². The first-order chi connectivity index (χ1) is 30.8. The zero-order valence-corrected chi connectivity index (χ0v) is 24.3. The van der Waals surface area contributed by atoms with Crippen molar-refractivity contribution >= 4 is 32.5 Å². The van der Waals surface area contributed by atoms with Gasteiger partial charge in [-0.3, -0.25) is 0 Å². The fraction of sp³-hybridized carbons (Fsp3) is 0. The number of furan rings is 1. The number of hydrogen-bond donors (Lipinski definition) is 0. The van der Waals surface area contributed by atoms with Crippen molar-refractivity contribution in [3.63, 3.8) is 0 Å². The zero-order chi connectivity index (χ0) is 46.8. The molecule has 0 aliphatic heterocycles. The smallest absolute Gasteiger partial charge is 0.143 e. The lowest BCUT2D eigenvalue weighted by atomic mass is 9.84. The first-order valence-electron chi connectivity index (χ1n) is 23.6. The minimum atomic E-state index is -0.797. The molecule has 9 rings (SSSR count). The van der Waals surface area contributed by atoms with Crippen LogP contribution >= 0.6 is 0 Å². The highest BCUT2D eigenvalue weighted by molar-refractivity contribution is 6.25. The van der Waals surface area contributed by atoms with Crippen LogP contribution in [-0.4, -0.2) is 0 Å². The molecule has 1 heterocycles. The number of benzene rings is 8. The summed E-state index contributed by atoms with van der Waals surface area (Å²) in [5, 5.41) is -1.24. The Morgan fingerprint density at radius 2 is 0.894 bits per heavy atom. The topological polar surface area (TPSA) is 13.1 Å². The third-order valence-corrected chi connectivity index (χ3v) is 8.11. The predicted molar refractivity (Wildman–Crippen MR) is 198 cm³/mol. The van der Waals surface area contributed by atoms with Crippen molar-refractivity contribution in [2.75, 3.05) is 0 Å². The minimum absolute atomic E-state index is 0.0251. The van der Waals surface area contributed by atoms with Crippen LogP contribution < -0.4 is 0 Å². The molecule has 0 spiro atoms. The van der Waals surface area contributed by atoms with E-state index in [-0.39, 0.29) is 55.3 Å². The summed E-state index contributed by atoms with van der Waals surface area (Å²) in [7, 11) is 0. The van der Waals surface area contributed by atoms with E-state index in [2.05, 4.69) is 0 Å². The van der Waals surface area contributed by atoms with Gasteiger partial charge in [-0.1, -0.05) is 169 Å². The van der Waals surface area contributed by atoms with Gasteiger partial charge in [-0.2, -0.15) is 0 Å². The molecule has 0 N–H and O–H groups in total. The van der Waals surface area contributed by atoms with Gasteiger partial charge < -0.3 is 4.42 Å². The molecule has 1 aromatic heterocycles. The highest BCUT2D eigenvalue weighted by Crippen LogP contribution is 2.51. The van der Waals surface area contributed by atoms with Crippen molar-refractivity contribution < 1.29 is 29.1 Å². The molecule has 47 heavy (non-hydrogen) atoms. The SMILES string of the molecule is [2H]c1c([2H])c([2H])c(-c2ccccc2-c2oc3cc(-c4ccccc4)ccc3c2-c2c3c([2H])c([2H])c([2H])c([2H])c3c(-c3c([2H])c([2H])c([2H])c([2H])c3[2H])c3c([2H])c([2H])c([2H])c([2H])c23)c([2H])c1[2H]. The van der Waals surface area contributed by atoms with E-state index >= 15 is 0 Å². The van der Waals surface area contributed by atoms with Gasteiger partial charge in [0.05, 0.1) is 24.7 Å². The predicted octanol–water partition coefficient (Wildman–Crippen LogP) is 13.1. The fourth-order valence-corrected chi connectivity index (χ4v) is 6.13. The molecule has 9 aromatic rings. The summed E-state index contributed by atoms with van der Waals surface area (Å²) < 4.78 is 167. The van der Waals surface area contributed by atoms with Gasteiger partial charge in [0.25, 0.3) is 0 Å². The van der Waals surface area contributed by atoms with Crippen LogP contribution in [0.2, 0.25) is 0 Å². The van der Waals surface area contributed by atoms with Gasteiger partial charge in [-0.25, -0.2) is 0 Å². The molecule has 0 aliphatic rings. The minimum Gasteiger partial charge on any atom is -0.455 e. The molecule has 8 aromatic carbocycles. The van der Waals surface area contributed by atoms with Crippen LogP contribution in [0.1, 0.15) is 24.7 Å². The Kier molecular flexibility index (Phi) is 3.49. The second kappa shape index (κ2) is 11.3. The van der Waals surface area contributed by atoms with Crippen molar-refractivity contribution in [1.29, 1.82) is 0 Å². The van der Waals surface area contributed by atoms with Crippen molar-refractivity contribution in [2.24, 2.45) is 0 Å². The standard InChI is InChI=1S/C46H30O/c1-4-16-31(17-5-1)34-28-29-41-42(30-34)47-46(40-27-15-10-22-35(40)32-18-6-2-7-19-32)45(41)44-38-25-13-11-23-36(38)43(33-20-8-3-9-21-33)37-24-12-14-26-39(37)44/h1-30H/i2D,3D,6D,7D,8D,9D,11D,12D,13D,14D,18D,19D,20D,21D,23D,24D,25D,26D. The summed E-state index contributed by atoms with van der Waals surface area (Å²) in [4.78, 5) is 0. The van der Waals surface area contributed by atoms with Gasteiger partial charge in [-0.15, -0.1) is 0 Å². The van der Waals surface area contributed by atoms with Gasteiger partial charge in [0.1, 0.15) is 11.3 Å². The van der Waals surface area contributed by atoms with E-state index in [9.17, 15) is 5.48 Å². The molecule has 0 saturated carbocycles. The van der Waals surface area contributed by atoms with Gasteiger partial charge >= 0.3 is 0 Å². The maximum atomic E-state index is 9.56. The van der Waals surface area contributed by atoms with E-state index in [1.807, 2.05) is 30.3 Å². The Labute approximate surface area is 299 Å². The van der Waals surface area contributed by atoms with E-state index in [0.717, 1.165) is 5.56 Å². The normalized spacial score (nSPS) is 16.8. The van der Waals surface area contributed by atoms with Crippen LogP contribution in [-0.2, 0) is 0 Å². The van der Waals surface area contributed by atoms with E-state index in [1.54, 1.807) is 36.4 Å². The third-order valence-electron chi connectivity index (χ3n) is 8.11. The highest BCUT2D eigenvalue weighted by atomic mass is 16.3. The monoisotopic (exact) mass is 616 g/mol. The molecule has 0 radical (unpaired) electrons. The first kappa shape index (κ1) is 14.5. The Morgan fingerprint density at radius 3 is 1.53 bits per heavy atom. The average molecular weight is 617 g/mol. The second-order valence-corrected chi connectivity index (χ2v) is 10.7. The van der Waals surface area contributed by atoms with Crippen LogP contribution in [0.25, 0.3) is 88.3 Å². The molecule has 0 aliphatic carbocycles. The number of fused-ring (bicyclic) bond motifs is 3. The maximum absolute atomic E-state index is 9.56. The summed E-state index contributed by atoms with van der Waals surface area (Å²) in [5.74, 6) is -0.0781. The largest absolute Gasteiger partial charge is 0.455 e.